The molecule has 1 saturated carbocycles. The normalized spacial score (nSPS) is 13.9. The number of anilines is 1. The van der Waals surface area contributed by atoms with E-state index in [0.29, 0.717) is 10.7 Å². The number of aromatic nitrogens is 2. The van der Waals surface area contributed by atoms with Crippen LogP contribution in [0.2, 0.25) is 0 Å². The average molecular weight is 445 g/mol. The molecule has 164 valence electrons. The van der Waals surface area contributed by atoms with Gasteiger partial charge in [0.2, 0.25) is 0 Å². The molecule has 0 atom stereocenters. The smallest absolute Gasteiger partial charge is 0.450 e. The van der Waals surface area contributed by atoms with Crippen LogP contribution in [0.4, 0.5) is 15.6 Å². The summed E-state index contributed by atoms with van der Waals surface area (Å²) in [4.78, 5) is 29.6. The zero-order valence-electron chi connectivity index (χ0n) is 16.9. The molecule has 1 aliphatic carbocycles. The van der Waals surface area contributed by atoms with E-state index in [2.05, 4.69) is 17.4 Å². The average Bonchev–Trinajstić information content (AvgIpc) is 3.20. The summed E-state index contributed by atoms with van der Waals surface area (Å²) in [5, 5.41) is 29.4. The summed E-state index contributed by atoms with van der Waals surface area (Å²) in [5.74, 6) is 1.92. The molecule has 3 aromatic rings. The zero-order valence-corrected chi connectivity index (χ0v) is 17.7. The van der Waals surface area contributed by atoms with Gasteiger partial charge in [-0.05, 0) is 36.2 Å². The van der Waals surface area contributed by atoms with Crippen LogP contribution in [0.15, 0.2) is 36.4 Å². The highest BCUT2D eigenvalue weighted by atomic mass is 32.1. The SMILES string of the molecule is O=C(O)O.O=[N+]([O-])c1cc2c(NCCc3ccccc3)nc(C3CCCCC3)nc2s1. The summed E-state index contributed by atoms with van der Waals surface area (Å²) in [7, 11) is 0. The van der Waals surface area contributed by atoms with E-state index in [1.165, 1.54) is 24.8 Å². The van der Waals surface area contributed by atoms with Crippen LogP contribution in [0, 0.1) is 10.1 Å². The van der Waals surface area contributed by atoms with E-state index in [4.69, 9.17) is 25.0 Å². The summed E-state index contributed by atoms with van der Waals surface area (Å²) >= 11 is 1.14. The Morgan fingerprint density at radius 2 is 1.84 bits per heavy atom. The Morgan fingerprint density at radius 1 is 1.16 bits per heavy atom. The molecule has 0 unspecified atom stereocenters. The molecule has 0 aliphatic heterocycles. The minimum Gasteiger partial charge on any atom is -0.450 e. The van der Waals surface area contributed by atoms with Crippen LogP contribution < -0.4 is 5.32 Å². The largest absolute Gasteiger partial charge is 0.503 e. The van der Waals surface area contributed by atoms with Crippen molar-refractivity contribution in [1.29, 1.82) is 0 Å². The lowest BCUT2D eigenvalue weighted by Gasteiger charge is -2.20. The second-order valence-corrected chi connectivity index (χ2v) is 8.28. The van der Waals surface area contributed by atoms with E-state index >= 15 is 0 Å². The Hall–Kier alpha value is -3.27. The van der Waals surface area contributed by atoms with Crippen molar-refractivity contribution in [2.45, 2.75) is 44.4 Å². The second-order valence-electron chi connectivity index (χ2n) is 7.27. The molecular formula is C21H24N4O5S. The summed E-state index contributed by atoms with van der Waals surface area (Å²) in [6.07, 6.45) is 4.91. The summed E-state index contributed by atoms with van der Waals surface area (Å²) in [6.45, 7) is 0.726. The number of nitrogens with one attached hydrogen (secondary N) is 1. The Kier molecular flexibility index (Phi) is 7.71. The highest BCUT2D eigenvalue weighted by molar-refractivity contribution is 7.21. The quantitative estimate of drug-likeness (QED) is 0.333. The van der Waals surface area contributed by atoms with Crippen molar-refractivity contribution in [2.24, 2.45) is 0 Å². The molecule has 4 rings (SSSR count). The molecule has 2 aromatic heterocycles. The van der Waals surface area contributed by atoms with E-state index in [9.17, 15) is 10.1 Å². The van der Waals surface area contributed by atoms with Crippen LogP contribution in [0.3, 0.4) is 0 Å². The van der Waals surface area contributed by atoms with Crippen LogP contribution in [0.5, 0.6) is 0 Å². The van der Waals surface area contributed by atoms with Crippen molar-refractivity contribution in [1.82, 2.24) is 9.97 Å². The molecule has 0 spiro atoms. The zero-order chi connectivity index (χ0) is 22.2. The molecule has 9 nitrogen and oxygen atoms in total. The van der Waals surface area contributed by atoms with Gasteiger partial charge in [0.1, 0.15) is 16.5 Å². The lowest BCUT2D eigenvalue weighted by atomic mass is 9.89. The molecule has 2 heterocycles. The second kappa shape index (κ2) is 10.7. The third-order valence-corrected chi connectivity index (χ3v) is 6.08. The van der Waals surface area contributed by atoms with Gasteiger partial charge in [-0.15, -0.1) is 0 Å². The third kappa shape index (κ3) is 6.35. The lowest BCUT2D eigenvalue weighted by Crippen LogP contribution is -2.12. The molecule has 10 heteroatoms. The van der Waals surface area contributed by atoms with Gasteiger partial charge in [-0.2, -0.15) is 0 Å². The molecule has 1 aliphatic rings. The molecule has 0 amide bonds. The van der Waals surface area contributed by atoms with Crippen molar-refractivity contribution >= 4 is 38.5 Å². The first-order valence-electron chi connectivity index (χ1n) is 10.1. The summed E-state index contributed by atoms with van der Waals surface area (Å²) in [5.41, 5.74) is 1.25. The van der Waals surface area contributed by atoms with Gasteiger partial charge in [-0.25, -0.2) is 14.8 Å². The van der Waals surface area contributed by atoms with E-state index < -0.39 is 6.16 Å². The van der Waals surface area contributed by atoms with Crippen LogP contribution in [0.1, 0.15) is 49.4 Å². The first-order chi connectivity index (χ1) is 14.9. The van der Waals surface area contributed by atoms with Crippen molar-refractivity contribution in [3.8, 4) is 0 Å². The number of hydrogen-bond donors (Lipinski definition) is 3. The minimum absolute atomic E-state index is 0.117. The summed E-state index contributed by atoms with van der Waals surface area (Å²) in [6, 6.07) is 11.9. The maximum atomic E-state index is 11.2. The molecule has 1 fully saturated rings. The highest BCUT2D eigenvalue weighted by Crippen LogP contribution is 2.37. The fraction of sp³-hybridized carbons (Fsp3) is 0.381. The first kappa shape index (κ1) is 22.4. The van der Waals surface area contributed by atoms with E-state index in [1.807, 2.05) is 18.2 Å². The van der Waals surface area contributed by atoms with Gasteiger partial charge in [-0.1, -0.05) is 49.6 Å². The Labute approximate surface area is 182 Å². The maximum Gasteiger partial charge on any atom is 0.503 e. The van der Waals surface area contributed by atoms with E-state index in [1.54, 1.807) is 6.07 Å². The number of rotatable bonds is 6. The van der Waals surface area contributed by atoms with Gasteiger partial charge in [0.25, 0.3) is 0 Å². The van der Waals surface area contributed by atoms with Gasteiger partial charge >= 0.3 is 11.2 Å². The van der Waals surface area contributed by atoms with Crippen molar-refractivity contribution in [2.75, 3.05) is 11.9 Å². The standard InChI is InChI=1S/C20H22N4O2S.CH2O3/c25-24(26)17-13-16-19(21-12-11-14-7-3-1-4-8-14)22-18(23-20(16)27-17)15-9-5-2-6-10-15;2-1(3)4/h1,3-4,7-8,13,15H,2,5-6,9-12H2,(H,21,22,23);(H2,2,3,4). The van der Waals surface area contributed by atoms with Gasteiger partial charge in [0, 0.05) is 18.5 Å². The van der Waals surface area contributed by atoms with E-state index in [-0.39, 0.29) is 9.92 Å². The number of nitro groups is 1. The molecule has 1 aromatic carbocycles. The first-order valence-corrected chi connectivity index (χ1v) is 10.9. The minimum atomic E-state index is -1.83. The van der Waals surface area contributed by atoms with Crippen LogP contribution in [-0.2, 0) is 6.42 Å². The predicted molar refractivity (Wildman–Crippen MR) is 119 cm³/mol. The van der Waals surface area contributed by atoms with Gasteiger partial charge < -0.3 is 15.5 Å². The molecule has 0 radical (unpaired) electrons. The van der Waals surface area contributed by atoms with Crippen LogP contribution in [-0.4, -0.2) is 37.8 Å². The monoisotopic (exact) mass is 444 g/mol. The number of hydrogen-bond acceptors (Lipinski definition) is 7. The highest BCUT2D eigenvalue weighted by Gasteiger charge is 2.22. The number of carboxylic acid groups (broad SMARTS) is 2. The third-order valence-electron chi connectivity index (χ3n) is 5.10. The Bertz CT molecular complexity index is 1030. The van der Waals surface area contributed by atoms with Crippen LogP contribution in [0.25, 0.3) is 10.2 Å². The van der Waals surface area contributed by atoms with Gasteiger partial charge in [0.05, 0.1) is 10.3 Å². The topological polar surface area (TPSA) is 138 Å². The number of carbonyl (C=O) groups is 1. The fourth-order valence-electron chi connectivity index (χ4n) is 3.66. The number of nitrogens with zero attached hydrogens (tertiary/aromatic N) is 3. The van der Waals surface area contributed by atoms with Crippen molar-refractivity contribution in [3.63, 3.8) is 0 Å². The predicted octanol–water partition coefficient (Wildman–Crippen LogP) is 5.52. The Balaban J connectivity index is 0.000000628. The molecule has 3 N–H and O–H groups in total. The van der Waals surface area contributed by atoms with Crippen molar-refractivity contribution in [3.05, 3.63) is 57.9 Å². The molecule has 31 heavy (non-hydrogen) atoms. The fourth-order valence-corrected chi connectivity index (χ4v) is 4.52. The molecule has 0 saturated heterocycles. The number of fused-ring (bicyclic) bond motifs is 1. The van der Waals surface area contributed by atoms with Crippen molar-refractivity contribution < 1.29 is 19.9 Å². The van der Waals surface area contributed by atoms with Gasteiger partial charge in [0.15, 0.2) is 0 Å². The lowest BCUT2D eigenvalue weighted by molar-refractivity contribution is -0.380. The number of thiophene rings is 1. The molecular weight excluding hydrogens is 420 g/mol. The maximum absolute atomic E-state index is 11.2. The summed E-state index contributed by atoms with van der Waals surface area (Å²) < 4.78 is 0. The van der Waals surface area contributed by atoms with Gasteiger partial charge in [-0.3, -0.25) is 10.1 Å². The van der Waals surface area contributed by atoms with Crippen LogP contribution >= 0.6 is 11.3 Å². The van der Waals surface area contributed by atoms with E-state index in [0.717, 1.165) is 54.2 Å². The number of benzene rings is 1. The molecule has 0 bridgehead atoms. The Morgan fingerprint density at radius 3 is 2.48 bits per heavy atom.